The number of alkyl halides is 3. The summed E-state index contributed by atoms with van der Waals surface area (Å²) in [6.07, 6.45) is -2.16. The Labute approximate surface area is 169 Å². The molecule has 1 saturated heterocycles. The average Bonchev–Trinajstić information content (AvgIpc) is 3.22. The van der Waals surface area contributed by atoms with E-state index in [1.807, 2.05) is 18.2 Å². The summed E-state index contributed by atoms with van der Waals surface area (Å²) in [5, 5.41) is 2.69. The third-order valence-electron chi connectivity index (χ3n) is 5.27. The van der Waals surface area contributed by atoms with Gasteiger partial charge in [-0.15, -0.1) is 0 Å². The van der Waals surface area contributed by atoms with Gasteiger partial charge >= 0.3 is 12.2 Å². The lowest BCUT2D eigenvalue weighted by molar-refractivity contribution is -0.138. The highest BCUT2D eigenvalue weighted by molar-refractivity contribution is 5.75. The van der Waals surface area contributed by atoms with Crippen LogP contribution in [-0.2, 0) is 12.7 Å². The molecule has 0 saturated carbocycles. The second-order valence-corrected chi connectivity index (χ2v) is 7.44. The first-order valence-corrected chi connectivity index (χ1v) is 9.78. The molecule has 7 heteroatoms. The van der Waals surface area contributed by atoms with Gasteiger partial charge in [-0.25, -0.2) is 4.79 Å². The summed E-state index contributed by atoms with van der Waals surface area (Å²) in [6.45, 7) is 3.94. The number of urea groups is 1. The Morgan fingerprint density at radius 3 is 2.41 bits per heavy atom. The van der Waals surface area contributed by atoms with Crippen LogP contribution in [0.15, 0.2) is 48.5 Å². The van der Waals surface area contributed by atoms with Crippen LogP contribution in [-0.4, -0.2) is 31.1 Å². The highest BCUT2D eigenvalue weighted by atomic mass is 19.4. The van der Waals surface area contributed by atoms with E-state index < -0.39 is 23.8 Å². The minimum atomic E-state index is -4.46. The number of nitrogens with one attached hydrogen (secondary N) is 1. The summed E-state index contributed by atoms with van der Waals surface area (Å²) in [6, 6.07) is 12.1. The van der Waals surface area contributed by atoms with E-state index >= 15 is 0 Å². The van der Waals surface area contributed by atoms with Crippen LogP contribution in [0.2, 0.25) is 0 Å². The maximum Gasteiger partial charge on any atom is 0.416 e. The van der Waals surface area contributed by atoms with Gasteiger partial charge in [0.15, 0.2) is 0 Å². The Bertz CT molecular complexity index is 847. The Morgan fingerprint density at radius 1 is 1.10 bits per heavy atom. The van der Waals surface area contributed by atoms with Gasteiger partial charge in [-0.2, -0.15) is 13.2 Å². The van der Waals surface area contributed by atoms with E-state index in [-0.39, 0.29) is 5.56 Å². The molecule has 1 unspecified atom stereocenters. The van der Waals surface area contributed by atoms with Crippen LogP contribution in [0.5, 0.6) is 0 Å². The standard InChI is InChI=1S/C22H26F3N3O/c1-16(18-10-4-5-11-19(18)22(23,24)25)26-21(29)27(2)15-17-9-3-6-12-20(17)28-13-7-8-14-28/h3-6,9-12,16H,7-8,13-15H2,1-2H3,(H,26,29). The smallest absolute Gasteiger partial charge is 0.371 e. The number of rotatable bonds is 5. The van der Waals surface area contributed by atoms with Gasteiger partial charge < -0.3 is 15.1 Å². The molecular formula is C22H26F3N3O. The molecule has 1 fully saturated rings. The SMILES string of the molecule is CC(NC(=O)N(C)Cc1ccccc1N1CCCC1)c1ccccc1C(F)(F)F. The molecule has 4 nitrogen and oxygen atoms in total. The van der Waals surface area contributed by atoms with Crippen LogP contribution in [0.4, 0.5) is 23.7 Å². The number of anilines is 1. The molecule has 0 spiro atoms. The third-order valence-corrected chi connectivity index (χ3v) is 5.27. The molecule has 3 rings (SSSR count). The number of para-hydroxylation sites is 1. The van der Waals surface area contributed by atoms with E-state index in [1.165, 1.54) is 17.0 Å². The Balaban J connectivity index is 1.69. The number of nitrogens with zero attached hydrogens (tertiary/aromatic N) is 2. The number of hydrogen-bond acceptors (Lipinski definition) is 2. The van der Waals surface area contributed by atoms with E-state index in [0.29, 0.717) is 6.54 Å². The van der Waals surface area contributed by atoms with Crippen molar-refractivity contribution in [1.29, 1.82) is 0 Å². The van der Waals surface area contributed by atoms with Crippen molar-refractivity contribution in [3.8, 4) is 0 Å². The van der Waals surface area contributed by atoms with Gasteiger partial charge in [-0.1, -0.05) is 36.4 Å². The number of amides is 2. The zero-order valence-corrected chi connectivity index (χ0v) is 16.7. The van der Waals surface area contributed by atoms with Gasteiger partial charge in [-0.05, 0) is 43.0 Å². The lowest BCUT2D eigenvalue weighted by Crippen LogP contribution is -2.39. The largest absolute Gasteiger partial charge is 0.416 e. The summed E-state index contributed by atoms with van der Waals surface area (Å²) >= 11 is 0. The van der Waals surface area contributed by atoms with Crippen molar-refractivity contribution >= 4 is 11.7 Å². The van der Waals surface area contributed by atoms with Gasteiger partial charge in [0.2, 0.25) is 0 Å². The molecule has 2 amide bonds. The van der Waals surface area contributed by atoms with E-state index in [0.717, 1.165) is 43.2 Å². The normalized spacial score (nSPS) is 15.3. The van der Waals surface area contributed by atoms with Gasteiger partial charge in [-0.3, -0.25) is 0 Å². The summed E-state index contributed by atoms with van der Waals surface area (Å²) in [5.74, 6) is 0. The minimum absolute atomic E-state index is 0.0548. The van der Waals surface area contributed by atoms with E-state index in [2.05, 4.69) is 16.3 Å². The fourth-order valence-electron chi connectivity index (χ4n) is 3.74. The molecule has 0 bridgehead atoms. The van der Waals surface area contributed by atoms with E-state index in [1.54, 1.807) is 20.0 Å². The third kappa shape index (κ3) is 5.02. The molecule has 0 aliphatic carbocycles. The molecule has 1 N–H and O–H groups in total. The molecule has 0 radical (unpaired) electrons. The molecule has 1 aliphatic heterocycles. The molecule has 2 aromatic rings. The van der Waals surface area contributed by atoms with Crippen molar-refractivity contribution in [3.63, 3.8) is 0 Å². The van der Waals surface area contributed by atoms with Gasteiger partial charge in [0.25, 0.3) is 0 Å². The Hall–Kier alpha value is -2.70. The van der Waals surface area contributed by atoms with Gasteiger partial charge in [0, 0.05) is 32.4 Å². The van der Waals surface area contributed by atoms with Crippen molar-refractivity contribution in [2.45, 2.75) is 38.5 Å². The molecule has 1 atom stereocenters. The first-order valence-electron chi connectivity index (χ1n) is 9.78. The summed E-state index contributed by atoms with van der Waals surface area (Å²) < 4.78 is 39.8. The second kappa shape index (κ2) is 8.76. The topological polar surface area (TPSA) is 35.6 Å². The minimum Gasteiger partial charge on any atom is -0.371 e. The first kappa shape index (κ1) is 21.0. The number of hydrogen-bond donors (Lipinski definition) is 1. The number of benzene rings is 2. The molecule has 156 valence electrons. The lowest BCUT2D eigenvalue weighted by Gasteiger charge is -2.26. The number of carbonyl (C=O) groups is 1. The van der Waals surface area contributed by atoms with Crippen molar-refractivity contribution in [2.24, 2.45) is 0 Å². The summed E-state index contributed by atoms with van der Waals surface area (Å²) in [4.78, 5) is 16.5. The van der Waals surface area contributed by atoms with Crippen LogP contribution in [0.3, 0.4) is 0 Å². The number of carbonyl (C=O) groups excluding carboxylic acids is 1. The van der Waals surface area contributed by atoms with Crippen molar-refractivity contribution in [3.05, 3.63) is 65.2 Å². The molecule has 1 heterocycles. The van der Waals surface area contributed by atoms with Gasteiger partial charge in [0.05, 0.1) is 11.6 Å². The molecule has 29 heavy (non-hydrogen) atoms. The fourth-order valence-corrected chi connectivity index (χ4v) is 3.74. The maximum absolute atomic E-state index is 13.3. The van der Waals surface area contributed by atoms with E-state index in [9.17, 15) is 18.0 Å². The molecule has 2 aromatic carbocycles. The van der Waals surface area contributed by atoms with E-state index in [4.69, 9.17) is 0 Å². The average molecular weight is 405 g/mol. The zero-order chi connectivity index (χ0) is 21.0. The highest BCUT2D eigenvalue weighted by Gasteiger charge is 2.34. The number of halogens is 3. The summed E-state index contributed by atoms with van der Waals surface area (Å²) in [7, 11) is 1.65. The Morgan fingerprint density at radius 2 is 1.72 bits per heavy atom. The Kier molecular flexibility index (Phi) is 6.35. The predicted octanol–water partition coefficient (Wildman–Crippen LogP) is 5.21. The molecular weight excluding hydrogens is 379 g/mol. The van der Waals surface area contributed by atoms with Crippen molar-refractivity contribution in [1.82, 2.24) is 10.2 Å². The highest BCUT2D eigenvalue weighted by Crippen LogP contribution is 2.34. The summed E-state index contributed by atoms with van der Waals surface area (Å²) in [5.41, 5.74) is 1.46. The van der Waals surface area contributed by atoms with Crippen LogP contribution in [0.25, 0.3) is 0 Å². The van der Waals surface area contributed by atoms with Crippen LogP contribution in [0.1, 0.15) is 42.5 Å². The quantitative estimate of drug-likeness (QED) is 0.741. The van der Waals surface area contributed by atoms with Gasteiger partial charge in [0.1, 0.15) is 0 Å². The fraction of sp³-hybridized carbons (Fsp3) is 0.409. The van der Waals surface area contributed by atoms with Crippen molar-refractivity contribution in [2.75, 3.05) is 25.0 Å². The molecule has 0 aromatic heterocycles. The maximum atomic E-state index is 13.3. The predicted molar refractivity (Wildman–Crippen MR) is 108 cm³/mol. The first-order chi connectivity index (χ1) is 13.8. The molecule has 1 aliphatic rings. The van der Waals surface area contributed by atoms with Crippen LogP contribution < -0.4 is 10.2 Å². The van der Waals surface area contributed by atoms with Crippen molar-refractivity contribution < 1.29 is 18.0 Å². The monoisotopic (exact) mass is 405 g/mol. The zero-order valence-electron chi connectivity index (χ0n) is 16.7. The van der Waals surface area contributed by atoms with Crippen LogP contribution >= 0.6 is 0 Å². The second-order valence-electron chi connectivity index (χ2n) is 7.44. The lowest BCUT2D eigenvalue weighted by atomic mass is 10.0. The van der Waals surface area contributed by atoms with Crippen LogP contribution in [0, 0.1) is 0 Å².